The number of carbonyl (C=O) groups excluding carboxylic acids is 1. The molecule has 0 aliphatic carbocycles. The summed E-state index contributed by atoms with van der Waals surface area (Å²) < 4.78 is 1.13. The molecule has 0 unspecified atom stereocenters. The fourth-order valence-corrected chi connectivity index (χ4v) is 4.61. The largest absolute Gasteiger partial charge is 0.350 e. The molecule has 34 heavy (non-hydrogen) atoms. The molecule has 0 aliphatic heterocycles. The van der Waals surface area contributed by atoms with Gasteiger partial charge in [0.25, 0.3) is 0 Å². The highest BCUT2D eigenvalue weighted by molar-refractivity contribution is 7.21. The van der Waals surface area contributed by atoms with Crippen molar-refractivity contribution < 1.29 is 4.79 Å². The van der Waals surface area contributed by atoms with Crippen molar-refractivity contribution in [3.8, 4) is 16.6 Å². The molecule has 0 atom stereocenters. The molecule has 0 saturated carbocycles. The van der Waals surface area contributed by atoms with E-state index in [4.69, 9.17) is 10.7 Å². The van der Waals surface area contributed by atoms with Crippen molar-refractivity contribution in [2.24, 2.45) is 11.1 Å². The van der Waals surface area contributed by atoms with Crippen molar-refractivity contribution in [2.75, 3.05) is 16.6 Å². The Hall–Kier alpha value is -4.03. The average Bonchev–Trinajstić information content (AvgIpc) is 3.21. The first kappa shape index (κ1) is 23.1. The van der Waals surface area contributed by atoms with E-state index in [0.717, 1.165) is 20.8 Å². The Morgan fingerprint density at radius 3 is 2.50 bits per heavy atom. The number of hydrazine groups is 1. The van der Waals surface area contributed by atoms with E-state index in [9.17, 15) is 10.1 Å². The number of carbonyl (C=O) groups is 1. The molecule has 2 aromatic carbocycles. The van der Waals surface area contributed by atoms with Crippen LogP contribution < -0.4 is 15.8 Å². The van der Waals surface area contributed by atoms with E-state index >= 15 is 0 Å². The lowest BCUT2D eigenvalue weighted by Crippen LogP contribution is -2.53. The van der Waals surface area contributed by atoms with Gasteiger partial charge in [-0.25, -0.2) is 19.8 Å². The predicted molar refractivity (Wildman–Crippen MR) is 135 cm³/mol. The average molecular weight is 472 g/mol. The third-order valence-corrected chi connectivity index (χ3v) is 6.05. The van der Waals surface area contributed by atoms with Gasteiger partial charge in [-0.1, -0.05) is 26.8 Å². The highest BCUT2D eigenvalue weighted by Gasteiger charge is 2.28. The molecular formula is C25H25N7OS. The molecule has 0 spiro atoms. The Balaban J connectivity index is 1.73. The second-order valence-corrected chi connectivity index (χ2v) is 10.2. The third-order valence-electron chi connectivity index (χ3n) is 4.98. The number of nitriles is 1. The lowest BCUT2D eigenvalue weighted by atomic mass is 9.96. The first-order valence-electron chi connectivity index (χ1n) is 10.7. The number of hydrogen-bond donors (Lipinski definition) is 1. The van der Waals surface area contributed by atoms with Gasteiger partial charge < -0.3 is 5.73 Å². The van der Waals surface area contributed by atoms with Crippen LogP contribution in [0.4, 0.5) is 16.3 Å². The molecule has 2 heterocycles. The number of hydrogen-bond acceptors (Lipinski definition) is 7. The first-order chi connectivity index (χ1) is 16.1. The molecule has 0 bridgehead atoms. The second kappa shape index (κ2) is 9.08. The molecule has 2 N–H and O–H groups in total. The number of aromatic nitrogens is 3. The Morgan fingerprint density at radius 1 is 1.12 bits per heavy atom. The number of aryl methyl sites for hydroxylation is 1. The zero-order valence-electron chi connectivity index (χ0n) is 19.5. The number of amides is 2. The molecule has 8 nitrogen and oxygen atoms in total. The summed E-state index contributed by atoms with van der Waals surface area (Å²) in [5.41, 5.74) is 9.31. The Labute approximate surface area is 202 Å². The van der Waals surface area contributed by atoms with Gasteiger partial charge in [0.15, 0.2) is 5.82 Å². The normalized spacial score (nSPS) is 11.3. The van der Waals surface area contributed by atoms with E-state index < -0.39 is 6.03 Å². The van der Waals surface area contributed by atoms with Crippen molar-refractivity contribution in [1.29, 1.82) is 5.26 Å². The van der Waals surface area contributed by atoms with Crippen LogP contribution in [0.3, 0.4) is 0 Å². The Morgan fingerprint density at radius 2 is 1.85 bits per heavy atom. The molecule has 4 rings (SSSR count). The van der Waals surface area contributed by atoms with Gasteiger partial charge in [0.1, 0.15) is 11.1 Å². The summed E-state index contributed by atoms with van der Waals surface area (Å²) in [5.74, 6) is 0.424. The van der Waals surface area contributed by atoms with Crippen LogP contribution in [0.2, 0.25) is 0 Å². The van der Waals surface area contributed by atoms with Crippen LogP contribution in [0, 0.1) is 23.7 Å². The van der Waals surface area contributed by atoms with Gasteiger partial charge in [-0.05, 0) is 54.3 Å². The summed E-state index contributed by atoms with van der Waals surface area (Å²) in [4.78, 5) is 25.6. The number of fused-ring (bicyclic) bond motifs is 1. The maximum absolute atomic E-state index is 12.6. The minimum Gasteiger partial charge on any atom is -0.350 e. The fraction of sp³-hybridized carbons (Fsp3) is 0.240. The van der Waals surface area contributed by atoms with Gasteiger partial charge in [-0.3, -0.25) is 5.01 Å². The molecule has 0 radical (unpaired) electrons. The number of rotatable bonds is 5. The fourth-order valence-electron chi connectivity index (χ4n) is 3.54. The summed E-state index contributed by atoms with van der Waals surface area (Å²) in [7, 11) is 0. The molecule has 2 aromatic heterocycles. The number of urea groups is 1. The van der Waals surface area contributed by atoms with E-state index in [1.54, 1.807) is 22.4 Å². The smallest absolute Gasteiger partial charge is 0.338 e. The van der Waals surface area contributed by atoms with E-state index in [0.29, 0.717) is 18.1 Å². The monoisotopic (exact) mass is 471 g/mol. The number of nitrogens with two attached hydrogens (primary N) is 1. The molecule has 9 heteroatoms. The van der Waals surface area contributed by atoms with Gasteiger partial charge in [0.05, 0.1) is 15.9 Å². The SMILES string of the molecule is Cc1ccc2nc(-c3ccc(N(C(N)=O)N(CC(C)(C)C)c4ccnc(C#N)n4)cc3)sc2c1. The van der Waals surface area contributed by atoms with E-state index in [-0.39, 0.29) is 11.2 Å². The summed E-state index contributed by atoms with van der Waals surface area (Å²) in [6, 6.07) is 16.6. The van der Waals surface area contributed by atoms with Crippen LogP contribution in [0.15, 0.2) is 54.7 Å². The minimum atomic E-state index is -0.662. The summed E-state index contributed by atoms with van der Waals surface area (Å²) in [6.45, 7) is 8.62. The summed E-state index contributed by atoms with van der Waals surface area (Å²) in [6.07, 6.45) is 1.49. The lowest BCUT2D eigenvalue weighted by Gasteiger charge is -2.38. The maximum Gasteiger partial charge on any atom is 0.338 e. The molecule has 172 valence electrons. The number of thiazole rings is 1. The highest BCUT2D eigenvalue weighted by atomic mass is 32.1. The molecule has 4 aromatic rings. The Bertz CT molecular complexity index is 1380. The van der Waals surface area contributed by atoms with Crippen molar-refractivity contribution in [1.82, 2.24) is 15.0 Å². The number of benzene rings is 2. The van der Waals surface area contributed by atoms with Crippen LogP contribution in [0.5, 0.6) is 0 Å². The zero-order chi connectivity index (χ0) is 24.5. The van der Waals surface area contributed by atoms with Crippen LogP contribution in [0.25, 0.3) is 20.8 Å². The summed E-state index contributed by atoms with van der Waals surface area (Å²) >= 11 is 1.63. The standard InChI is InChI=1S/C25H25N7OS/c1-16-5-10-19-20(13-16)34-23(29-19)17-6-8-18(9-7-17)32(24(27)33)31(15-25(2,3)4)22-11-12-28-21(14-26)30-22/h5-13H,15H2,1-4H3,(H2,27,33). The van der Waals surface area contributed by atoms with Crippen molar-refractivity contribution >= 4 is 39.1 Å². The Kier molecular flexibility index (Phi) is 6.18. The van der Waals surface area contributed by atoms with Crippen LogP contribution in [-0.4, -0.2) is 27.5 Å². The molecule has 2 amide bonds. The van der Waals surface area contributed by atoms with E-state index in [1.165, 1.54) is 16.8 Å². The molecular weight excluding hydrogens is 446 g/mol. The van der Waals surface area contributed by atoms with Gasteiger partial charge in [-0.2, -0.15) is 10.2 Å². The lowest BCUT2D eigenvalue weighted by molar-refractivity contribution is 0.252. The van der Waals surface area contributed by atoms with Gasteiger partial charge in [0.2, 0.25) is 5.82 Å². The van der Waals surface area contributed by atoms with Crippen LogP contribution in [-0.2, 0) is 0 Å². The number of primary amides is 1. The van der Waals surface area contributed by atoms with Crippen LogP contribution >= 0.6 is 11.3 Å². The van der Waals surface area contributed by atoms with Crippen molar-refractivity contribution in [3.63, 3.8) is 0 Å². The van der Waals surface area contributed by atoms with Crippen molar-refractivity contribution in [3.05, 3.63) is 66.1 Å². The van der Waals surface area contributed by atoms with Crippen LogP contribution in [0.1, 0.15) is 32.2 Å². The predicted octanol–water partition coefficient (Wildman–Crippen LogP) is 5.29. The number of anilines is 2. The van der Waals surface area contributed by atoms with E-state index in [2.05, 4.69) is 23.0 Å². The quantitative estimate of drug-likeness (QED) is 0.396. The van der Waals surface area contributed by atoms with Gasteiger partial charge in [-0.15, -0.1) is 11.3 Å². The first-order valence-corrected chi connectivity index (χ1v) is 11.5. The van der Waals surface area contributed by atoms with E-state index in [1.807, 2.05) is 63.2 Å². The topological polar surface area (TPSA) is 112 Å². The number of nitrogens with zero attached hydrogens (tertiary/aromatic N) is 6. The zero-order valence-corrected chi connectivity index (χ0v) is 20.3. The molecule has 0 fully saturated rings. The van der Waals surface area contributed by atoms with Crippen molar-refractivity contribution in [2.45, 2.75) is 27.7 Å². The minimum absolute atomic E-state index is 0.0160. The molecule has 0 aliphatic rings. The highest BCUT2D eigenvalue weighted by Crippen LogP contribution is 2.33. The second-order valence-electron chi connectivity index (χ2n) is 9.16. The van der Waals surface area contributed by atoms with Gasteiger partial charge in [0, 0.05) is 24.4 Å². The summed E-state index contributed by atoms with van der Waals surface area (Å²) in [5, 5.41) is 13.2. The third kappa shape index (κ3) is 4.97. The maximum atomic E-state index is 12.6. The van der Waals surface area contributed by atoms with Gasteiger partial charge >= 0.3 is 6.03 Å². The molecule has 0 saturated heterocycles.